The number of hydrogen-bond donors (Lipinski definition) is 2. The lowest BCUT2D eigenvalue weighted by molar-refractivity contribution is 0.306. The van der Waals surface area contributed by atoms with Crippen molar-refractivity contribution in [2.75, 3.05) is 18.1 Å². The van der Waals surface area contributed by atoms with Crippen molar-refractivity contribution >= 4 is 11.9 Å². The third-order valence-corrected chi connectivity index (χ3v) is 4.02. The van der Waals surface area contributed by atoms with Crippen LogP contribution in [0, 0.1) is 0 Å². The quantitative estimate of drug-likeness (QED) is 0.627. The Morgan fingerprint density at radius 2 is 1.27 bits per heavy atom. The Hall–Kier alpha value is -3.15. The van der Waals surface area contributed by atoms with Crippen LogP contribution in [0.2, 0.25) is 0 Å². The molecule has 3 rings (SSSR count). The van der Waals surface area contributed by atoms with Gasteiger partial charge in [-0.1, -0.05) is 56.2 Å². The minimum atomic E-state index is 0.117. The summed E-state index contributed by atoms with van der Waals surface area (Å²) in [7, 11) is 0. The second kappa shape index (κ2) is 8.29. The van der Waals surface area contributed by atoms with Gasteiger partial charge in [0.15, 0.2) is 5.82 Å². The van der Waals surface area contributed by atoms with Gasteiger partial charge in [0.05, 0.1) is 6.61 Å². The Balaban J connectivity index is 1.70. The maximum Gasteiger partial charge on any atom is 0.225 e. The summed E-state index contributed by atoms with van der Waals surface area (Å²) in [5.74, 6) is 1.60. The maximum absolute atomic E-state index is 5.75. The van der Waals surface area contributed by atoms with Crippen LogP contribution >= 0.6 is 0 Å². The standard InChI is InChI=1S/C20H23N5O/c1-2-3-4-13-26-17-11-9-15(10-12-17)14-5-7-16(8-6-14)18-23-19(21)25-20(22)24-18/h5-12H,2-4,13H2,1H3,(H4,21,22,23,24,25). The first-order valence-electron chi connectivity index (χ1n) is 8.76. The number of rotatable bonds is 7. The molecule has 0 radical (unpaired) electrons. The summed E-state index contributed by atoms with van der Waals surface area (Å²) < 4.78 is 5.75. The third kappa shape index (κ3) is 4.47. The molecule has 1 heterocycles. The third-order valence-electron chi connectivity index (χ3n) is 4.02. The van der Waals surface area contributed by atoms with Crippen molar-refractivity contribution in [3.05, 3.63) is 48.5 Å². The van der Waals surface area contributed by atoms with Gasteiger partial charge < -0.3 is 16.2 Å². The van der Waals surface area contributed by atoms with E-state index in [1.54, 1.807) is 0 Å². The number of aromatic nitrogens is 3. The van der Waals surface area contributed by atoms with Crippen LogP contribution in [0.5, 0.6) is 5.75 Å². The van der Waals surface area contributed by atoms with E-state index in [4.69, 9.17) is 16.2 Å². The fraction of sp³-hybridized carbons (Fsp3) is 0.250. The molecule has 6 nitrogen and oxygen atoms in total. The Labute approximate surface area is 153 Å². The summed E-state index contributed by atoms with van der Waals surface area (Å²) in [6.07, 6.45) is 3.48. The van der Waals surface area contributed by atoms with E-state index in [2.05, 4.69) is 34.0 Å². The number of nitrogens with two attached hydrogens (primary N) is 2. The SMILES string of the molecule is CCCCCOc1ccc(-c2ccc(-c3nc(N)nc(N)n3)cc2)cc1. The monoisotopic (exact) mass is 349 g/mol. The summed E-state index contributed by atoms with van der Waals surface area (Å²) in [5, 5.41) is 0. The molecule has 0 spiro atoms. The second-order valence-electron chi connectivity index (χ2n) is 6.03. The molecule has 2 aromatic carbocycles. The van der Waals surface area contributed by atoms with Crippen LogP contribution in [0.3, 0.4) is 0 Å². The molecule has 0 unspecified atom stereocenters. The first-order chi connectivity index (χ1) is 12.7. The molecule has 26 heavy (non-hydrogen) atoms. The van der Waals surface area contributed by atoms with Gasteiger partial charge in [0.2, 0.25) is 11.9 Å². The number of nitrogen functional groups attached to an aromatic ring is 2. The number of hydrogen-bond acceptors (Lipinski definition) is 6. The minimum absolute atomic E-state index is 0.117. The van der Waals surface area contributed by atoms with E-state index in [9.17, 15) is 0 Å². The minimum Gasteiger partial charge on any atom is -0.494 e. The van der Waals surface area contributed by atoms with Crippen molar-refractivity contribution in [1.29, 1.82) is 0 Å². The summed E-state index contributed by atoms with van der Waals surface area (Å²) in [5.41, 5.74) is 14.3. The highest BCUT2D eigenvalue weighted by molar-refractivity contribution is 5.68. The van der Waals surface area contributed by atoms with Crippen LogP contribution in [0.15, 0.2) is 48.5 Å². The summed E-state index contributed by atoms with van der Waals surface area (Å²) in [4.78, 5) is 12.0. The maximum atomic E-state index is 5.75. The predicted octanol–water partition coefficient (Wildman–Crippen LogP) is 3.94. The van der Waals surface area contributed by atoms with Gasteiger partial charge in [-0.05, 0) is 29.7 Å². The van der Waals surface area contributed by atoms with Crippen LogP contribution in [0.1, 0.15) is 26.2 Å². The van der Waals surface area contributed by atoms with E-state index >= 15 is 0 Å². The summed E-state index contributed by atoms with van der Waals surface area (Å²) in [6.45, 7) is 2.95. The van der Waals surface area contributed by atoms with Gasteiger partial charge in [-0.25, -0.2) is 0 Å². The highest BCUT2D eigenvalue weighted by Crippen LogP contribution is 2.25. The fourth-order valence-electron chi connectivity index (χ4n) is 2.64. The normalized spacial score (nSPS) is 10.7. The average molecular weight is 349 g/mol. The van der Waals surface area contributed by atoms with Gasteiger partial charge in [0.25, 0.3) is 0 Å². The Kier molecular flexibility index (Phi) is 5.63. The molecule has 3 aromatic rings. The first kappa shape index (κ1) is 17.7. The molecule has 0 atom stereocenters. The van der Waals surface area contributed by atoms with Crippen molar-refractivity contribution in [3.8, 4) is 28.3 Å². The van der Waals surface area contributed by atoms with E-state index in [-0.39, 0.29) is 11.9 Å². The lowest BCUT2D eigenvalue weighted by atomic mass is 10.0. The molecule has 0 saturated heterocycles. The molecule has 0 amide bonds. The molecule has 0 aliphatic heterocycles. The Morgan fingerprint density at radius 1 is 0.731 bits per heavy atom. The van der Waals surface area contributed by atoms with E-state index < -0.39 is 0 Å². The zero-order chi connectivity index (χ0) is 18.4. The average Bonchev–Trinajstić information content (AvgIpc) is 2.65. The molecule has 134 valence electrons. The molecular formula is C20H23N5O. The number of anilines is 2. The van der Waals surface area contributed by atoms with Crippen LogP contribution in [0.4, 0.5) is 11.9 Å². The van der Waals surface area contributed by atoms with Crippen molar-refractivity contribution in [2.24, 2.45) is 0 Å². The molecule has 4 N–H and O–H groups in total. The van der Waals surface area contributed by atoms with E-state index in [1.807, 2.05) is 36.4 Å². The Morgan fingerprint density at radius 3 is 1.85 bits per heavy atom. The predicted molar refractivity (Wildman–Crippen MR) is 105 cm³/mol. The number of ether oxygens (including phenoxy) is 1. The van der Waals surface area contributed by atoms with Gasteiger partial charge in [0.1, 0.15) is 5.75 Å². The van der Waals surface area contributed by atoms with Crippen LogP contribution < -0.4 is 16.2 Å². The topological polar surface area (TPSA) is 99.9 Å². The van der Waals surface area contributed by atoms with Crippen LogP contribution in [0.25, 0.3) is 22.5 Å². The molecule has 0 aliphatic carbocycles. The Bertz CT molecular complexity index is 827. The molecule has 0 bridgehead atoms. The largest absolute Gasteiger partial charge is 0.494 e. The van der Waals surface area contributed by atoms with Gasteiger partial charge >= 0.3 is 0 Å². The van der Waals surface area contributed by atoms with E-state index in [0.29, 0.717) is 5.82 Å². The highest BCUT2D eigenvalue weighted by Gasteiger charge is 2.06. The number of unbranched alkanes of at least 4 members (excludes halogenated alkanes) is 2. The van der Waals surface area contributed by atoms with Crippen LogP contribution in [-0.4, -0.2) is 21.6 Å². The number of nitrogens with zero attached hydrogens (tertiary/aromatic N) is 3. The van der Waals surface area contributed by atoms with Gasteiger partial charge in [-0.3, -0.25) is 0 Å². The first-order valence-corrected chi connectivity index (χ1v) is 8.76. The van der Waals surface area contributed by atoms with Crippen molar-refractivity contribution in [2.45, 2.75) is 26.2 Å². The molecule has 6 heteroatoms. The van der Waals surface area contributed by atoms with Gasteiger partial charge in [0, 0.05) is 5.56 Å². The molecular weight excluding hydrogens is 326 g/mol. The van der Waals surface area contributed by atoms with Crippen molar-refractivity contribution < 1.29 is 4.74 Å². The molecule has 1 aromatic heterocycles. The van der Waals surface area contributed by atoms with Crippen molar-refractivity contribution in [1.82, 2.24) is 15.0 Å². The van der Waals surface area contributed by atoms with Crippen LogP contribution in [-0.2, 0) is 0 Å². The summed E-state index contributed by atoms with van der Waals surface area (Å²) >= 11 is 0. The lowest BCUT2D eigenvalue weighted by Crippen LogP contribution is -2.04. The lowest BCUT2D eigenvalue weighted by Gasteiger charge is -2.08. The van der Waals surface area contributed by atoms with E-state index in [1.165, 1.54) is 12.8 Å². The molecule has 0 aliphatic rings. The second-order valence-corrected chi connectivity index (χ2v) is 6.03. The van der Waals surface area contributed by atoms with E-state index in [0.717, 1.165) is 35.5 Å². The fourth-order valence-corrected chi connectivity index (χ4v) is 2.64. The van der Waals surface area contributed by atoms with Gasteiger partial charge in [-0.2, -0.15) is 15.0 Å². The molecule has 0 fully saturated rings. The highest BCUT2D eigenvalue weighted by atomic mass is 16.5. The zero-order valence-electron chi connectivity index (χ0n) is 14.9. The zero-order valence-corrected chi connectivity index (χ0v) is 14.9. The van der Waals surface area contributed by atoms with Gasteiger partial charge in [-0.15, -0.1) is 0 Å². The summed E-state index contributed by atoms with van der Waals surface area (Å²) in [6, 6.07) is 16.0. The number of benzene rings is 2. The molecule has 0 saturated carbocycles. The smallest absolute Gasteiger partial charge is 0.225 e. The van der Waals surface area contributed by atoms with Crippen molar-refractivity contribution in [3.63, 3.8) is 0 Å².